The van der Waals surface area contributed by atoms with Gasteiger partial charge in [-0.25, -0.2) is 0 Å². The molecule has 29 heavy (non-hydrogen) atoms. The fourth-order valence-corrected chi connectivity index (χ4v) is 3.07. The molecule has 1 aliphatic heterocycles. The van der Waals surface area contributed by atoms with Crippen molar-refractivity contribution in [3.8, 4) is 11.5 Å². The fourth-order valence-electron chi connectivity index (χ4n) is 3.07. The molecule has 9 nitrogen and oxygen atoms in total. The molecule has 0 saturated heterocycles. The van der Waals surface area contributed by atoms with Gasteiger partial charge < -0.3 is 14.0 Å². The van der Waals surface area contributed by atoms with Gasteiger partial charge in [-0.1, -0.05) is 6.07 Å². The number of alkyl halides is 3. The Balaban J connectivity index is 1.57. The minimum atomic E-state index is -4.73. The first-order valence-corrected chi connectivity index (χ1v) is 8.48. The molecule has 0 atom stereocenters. The SMILES string of the molecule is O=c1c2nnc3nc(C(F)(F)F)nn3c2ccn1Cc1ccc2c(c1)OCCO2. The van der Waals surface area contributed by atoms with Crippen LogP contribution in [0, 0.1) is 0 Å². The van der Waals surface area contributed by atoms with Crippen molar-refractivity contribution in [3.63, 3.8) is 0 Å². The molecule has 3 aromatic heterocycles. The molecule has 0 N–H and O–H groups in total. The van der Waals surface area contributed by atoms with E-state index in [4.69, 9.17) is 9.47 Å². The summed E-state index contributed by atoms with van der Waals surface area (Å²) in [6, 6.07) is 6.78. The summed E-state index contributed by atoms with van der Waals surface area (Å²) in [6.07, 6.45) is -3.27. The number of rotatable bonds is 2. The highest BCUT2D eigenvalue weighted by Crippen LogP contribution is 2.31. The van der Waals surface area contributed by atoms with Crippen molar-refractivity contribution in [3.05, 3.63) is 52.2 Å². The average molecular weight is 404 g/mol. The maximum Gasteiger partial charge on any atom is 0.453 e. The summed E-state index contributed by atoms with van der Waals surface area (Å²) in [5, 5.41) is 10.8. The Kier molecular flexibility index (Phi) is 3.69. The van der Waals surface area contributed by atoms with E-state index in [1.54, 1.807) is 18.2 Å². The second kappa shape index (κ2) is 6.15. The van der Waals surface area contributed by atoms with Crippen molar-refractivity contribution in [2.24, 2.45) is 0 Å². The highest BCUT2D eigenvalue weighted by atomic mass is 19.4. The van der Waals surface area contributed by atoms with Gasteiger partial charge in [0.15, 0.2) is 17.0 Å². The molecular formula is C17H11F3N6O3. The normalized spacial score (nSPS) is 13.9. The van der Waals surface area contributed by atoms with E-state index in [2.05, 4.69) is 20.3 Å². The number of benzene rings is 1. The number of fused-ring (bicyclic) bond motifs is 4. The third-order valence-corrected chi connectivity index (χ3v) is 4.39. The van der Waals surface area contributed by atoms with Gasteiger partial charge in [0.1, 0.15) is 18.7 Å². The van der Waals surface area contributed by atoms with Crippen LogP contribution >= 0.6 is 0 Å². The van der Waals surface area contributed by atoms with Crippen molar-refractivity contribution in [1.29, 1.82) is 0 Å². The van der Waals surface area contributed by atoms with Gasteiger partial charge in [0.2, 0.25) is 0 Å². The van der Waals surface area contributed by atoms with Crippen molar-refractivity contribution in [1.82, 2.24) is 29.4 Å². The largest absolute Gasteiger partial charge is 0.486 e. The van der Waals surface area contributed by atoms with E-state index in [1.807, 2.05) is 0 Å². The average Bonchev–Trinajstić information content (AvgIpc) is 3.15. The van der Waals surface area contributed by atoms with Crippen molar-refractivity contribution in [2.45, 2.75) is 12.7 Å². The van der Waals surface area contributed by atoms with Crippen LogP contribution in [-0.4, -0.2) is 42.6 Å². The standard InChI is InChI=1S/C17H11F3N6O3/c18-17(19,20)15-21-16-23-22-13-10(26(16)24-15)3-4-25(14(13)27)8-9-1-2-11-12(7-9)29-6-5-28-11/h1-4,7H,5-6,8H2. The van der Waals surface area contributed by atoms with Crippen LogP contribution in [0.3, 0.4) is 0 Å². The highest BCUT2D eigenvalue weighted by Gasteiger charge is 2.36. The Morgan fingerprint density at radius 1 is 1.07 bits per heavy atom. The summed E-state index contributed by atoms with van der Waals surface area (Å²) in [6.45, 7) is 1.12. The van der Waals surface area contributed by atoms with Gasteiger partial charge in [-0.15, -0.1) is 15.3 Å². The molecule has 0 unspecified atom stereocenters. The number of nitrogens with zero attached hydrogens (tertiary/aromatic N) is 6. The molecular weight excluding hydrogens is 393 g/mol. The lowest BCUT2D eigenvalue weighted by molar-refractivity contribution is -0.144. The van der Waals surface area contributed by atoms with Crippen LogP contribution in [0.25, 0.3) is 16.8 Å². The van der Waals surface area contributed by atoms with E-state index in [0.717, 1.165) is 10.1 Å². The van der Waals surface area contributed by atoms with E-state index in [0.29, 0.717) is 24.7 Å². The zero-order valence-corrected chi connectivity index (χ0v) is 14.5. The predicted molar refractivity (Wildman–Crippen MR) is 91.9 cm³/mol. The van der Waals surface area contributed by atoms with E-state index in [1.165, 1.54) is 16.8 Å². The first-order chi connectivity index (χ1) is 13.9. The van der Waals surface area contributed by atoms with Gasteiger partial charge in [-0.2, -0.15) is 22.7 Å². The summed E-state index contributed by atoms with van der Waals surface area (Å²) in [7, 11) is 0. The molecule has 0 radical (unpaired) electrons. The Morgan fingerprint density at radius 3 is 2.66 bits per heavy atom. The van der Waals surface area contributed by atoms with Crippen LogP contribution < -0.4 is 15.0 Å². The topological polar surface area (TPSA) is 96.4 Å². The Morgan fingerprint density at radius 2 is 1.86 bits per heavy atom. The number of hydrogen-bond donors (Lipinski definition) is 0. The van der Waals surface area contributed by atoms with Crippen LogP contribution in [0.2, 0.25) is 0 Å². The lowest BCUT2D eigenvalue weighted by Crippen LogP contribution is -2.22. The summed E-state index contributed by atoms with van der Waals surface area (Å²) >= 11 is 0. The smallest absolute Gasteiger partial charge is 0.453 e. The van der Waals surface area contributed by atoms with Crippen LogP contribution in [0.5, 0.6) is 11.5 Å². The molecule has 1 aromatic carbocycles. The van der Waals surface area contributed by atoms with E-state index in [9.17, 15) is 18.0 Å². The molecule has 0 saturated carbocycles. The van der Waals surface area contributed by atoms with E-state index >= 15 is 0 Å². The molecule has 1 aliphatic rings. The number of pyridine rings is 1. The molecule has 0 aliphatic carbocycles. The molecule has 148 valence electrons. The summed E-state index contributed by atoms with van der Waals surface area (Å²) in [5.74, 6) is -0.467. The van der Waals surface area contributed by atoms with Gasteiger partial charge >= 0.3 is 6.18 Å². The molecule has 0 spiro atoms. The van der Waals surface area contributed by atoms with Gasteiger partial charge in [0.05, 0.1) is 6.54 Å². The predicted octanol–water partition coefficient (Wildman–Crippen LogP) is 1.67. The maximum atomic E-state index is 12.9. The zero-order chi connectivity index (χ0) is 20.2. The lowest BCUT2D eigenvalue weighted by atomic mass is 10.2. The molecule has 0 bridgehead atoms. The molecule has 0 fully saturated rings. The molecule has 5 rings (SSSR count). The van der Waals surface area contributed by atoms with Crippen LogP contribution in [0.1, 0.15) is 11.4 Å². The third kappa shape index (κ3) is 2.92. The van der Waals surface area contributed by atoms with Gasteiger partial charge in [-0.05, 0) is 23.8 Å². The first kappa shape index (κ1) is 17.4. The molecule has 0 amide bonds. The third-order valence-electron chi connectivity index (χ3n) is 4.39. The van der Waals surface area contributed by atoms with Crippen molar-refractivity contribution in [2.75, 3.05) is 13.2 Å². The second-order valence-corrected chi connectivity index (χ2v) is 6.31. The summed E-state index contributed by atoms with van der Waals surface area (Å²) in [4.78, 5) is 16.1. The maximum absolute atomic E-state index is 12.9. The number of halogens is 3. The fraction of sp³-hybridized carbons (Fsp3) is 0.235. The summed E-state index contributed by atoms with van der Waals surface area (Å²) < 4.78 is 51.8. The quantitative estimate of drug-likeness (QED) is 0.501. The van der Waals surface area contributed by atoms with Crippen LogP contribution in [0.15, 0.2) is 35.3 Å². The van der Waals surface area contributed by atoms with Gasteiger partial charge in [-0.3, -0.25) is 4.79 Å². The number of hydrogen-bond acceptors (Lipinski definition) is 7. The van der Waals surface area contributed by atoms with Gasteiger partial charge in [0, 0.05) is 6.20 Å². The van der Waals surface area contributed by atoms with Crippen molar-refractivity contribution < 1.29 is 22.6 Å². The van der Waals surface area contributed by atoms with Crippen LogP contribution in [-0.2, 0) is 12.7 Å². The molecule has 12 heteroatoms. The highest BCUT2D eigenvalue weighted by molar-refractivity contribution is 5.74. The zero-order valence-electron chi connectivity index (χ0n) is 14.5. The summed E-state index contributed by atoms with van der Waals surface area (Å²) in [5.41, 5.74) is 0.235. The van der Waals surface area contributed by atoms with Gasteiger partial charge in [0.25, 0.3) is 17.2 Å². The Labute approximate surface area is 159 Å². The monoisotopic (exact) mass is 404 g/mol. The number of ether oxygens (including phenoxy) is 2. The van der Waals surface area contributed by atoms with E-state index in [-0.39, 0.29) is 23.4 Å². The first-order valence-electron chi connectivity index (χ1n) is 8.48. The Bertz CT molecular complexity index is 1310. The molecule has 4 heterocycles. The number of aromatic nitrogens is 6. The lowest BCUT2D eigenvalue weighted by Gasteiger charge is -2.19. The minimum Gasteiger partial charge on any atom is -0.486 e. The van der Waals surface area contributed by atoms with Crippen molar-refractivity contribution >= 4 is 16.8 Å². The van der Waals surface area contributed by atoms with E-state index < -0.39 is 17.6 Å². The minimum absolute atomic E-state index is 0.0847. The van der Waals surface area contributed by atoms with Crippen LogP contribution in [0.4, 0.5) is 13.2 Å². The Hall–Kier alpha value is -3.70. The molecule has 4 aromatic rings. The second-order valence-electron chi connectivity index (χ2n) is 6.31.